The van der Waals surface area contributed by atoms with Crippen LogP contribution in [0.15, 0.2) is 6.07 Å². The zero-order valence-corrected chi connectivity index (χ0v) is 8.79. The fraction of sp³-hybridized carbons (Fsp3) is 0.600. The Kier molecular flexibility index (Phi) is 2.62. The van der Waals surface area contributed by atoms with Crippen LogP contribution in [-0.2, 0) is 0 Å². The number of anilines is 1. The molecule has 5 nitrogen and oxygen atoms in total. The molecule has 4 N–H and O–H groups in total. The van der Waals surface area contributed by atoms with Gasteiger partial charge in [-0.2, -0.15) is 5.10 Å². The van der Waals surface area contributed by atoms with Gasteiger partial charge in [-0.05, 0) is 25.2 Å². The maximum Gasteiger partial charge on any atom is 0.269 e. The normalized spacial score (nSPS) is 25.4. The van der Waals surface area contributed by atoms with Crippen LogP contribution in [-0.4, -0.2) is 22.1 Å². The van der Waals surface area contributed by atoms with Crippen LogP contribution < -0.4 is 11.1 Å². The van der Waals surface area contributed by atoms with Crippen molar-refractivity contribution in [2.45, 2.75) is 32.2 Å². The van der Waals surface area contributed by atoms with E-state index >= 15 is 0 Å². The predicted molar refractivity (Wildman–Crippen MR) is 57.3 cm³/mol. The lowest BCUT2D eigenvalue weighted by Crippen LogP contribution is -2.33. The molecule has 0 aliphatic heterocycles. The second-order valence-electron chi connectivity index (χ2n) is 4.30. The number of carbonyl (C=O) groups is 1. The van der Waals surface area contributed by atoms with Gasteiger partial charge >= 0.3 is 0 Å². The minimum Gasteiger partial charge on any atom is -0.382 e. The lowest BCUT2D eigenvalue weighted by atomic mass is 10.1. The molecule has 1 aromatic heterocycles. The minimum atomic E-state index is -0.113. The van der Waals surface area contributed by atoms with Gasteiger partial charge in [0.25, 0.3) is 5.91 Å². The van der Waals surface area contributed by atoms with E-state index in [9.17, 15) is 4.79 Å². The summed E-state index contributed by atoms with van der Waals surface area (Å²) in [4.78, 5) is 11.7. The highest BCUT2D eigenvalue weighted by atomic mass is 16.2. The Bertz CT molecular complexity index is 360. The van der Waals surface area contributed by atoms with E-state index in [1.165, 1.54) is 6.42 Å². The van der Waals surface area contributed by atoms with Crippen LogP contribution in [0.4, 0.5) is 5.82 Å². The molecule has 5 heteroatoms. The van der Waals surface area contributed by atoms with Crippen LogP contribution in [0.5, 0.6) is 0 Å². The van der Waals surface area contributed by atoms with E-state index in [4.69, 9.17) is 5.73 Å². The first-order valence-electron chi connectivity index (χ1n) is 5.27. The van der Waals surface area contributed by atoms with E-state index in [0.29, 0.717) is 23.5 Å². The Labute approximate surface area is 88.4 Å². The Balaban J connectivity index is 1.92. The SMILES string of the molecule is CC1CCC(NC(=O)c2cc(N)n[nH]2)C1. The van der Waals surface area contributed by atoms with E-state index in [0.717, 1.165) is 12.8 Å². The molecule has 1 aliphatic carbocycles. The van der Waals surface area contributed by atoms with Crippen LogP contribution in [0.25, 0.3) is 0 Å². The van der Waals surface area contributed by atoms with Gasteiger partial charge in [-0.1, -0.05) is 6.92 Å². The summed E-state index contributed by atoms with van der Waals surface area (Å²) in [7, 11) is 0. The Hall–Kier alpha value is -1.52. The van der Waals surface area contributed by atoms with Crippen LogP contribution in [0, 0.1) is 5.92 Å². The van der Waals surface area contributed by atoms with E-state index in [-0.39, 0.29) is 5.91 Å². The molecule has 0 saturated heterocycles. The quantitative estimate of drug-likeness (QED) is 0.675. The van der Waals surface area contributed by atoms with E-state index in [1.54, 1.807) is 6.07 Å². The number of nitrogens with zero attached hydrogens (tertiary/aromatic N) is 1. The van der Waals surface area contributed by atoms with Gasteiger partial charge in [0, 0.05) is 12.1 Å². The van der Waals surface area contributed by atoms with Crippen molar-refractivity contribution < 1.29 is 4.79 Å². The molecule has 1 saturated carbocycles. The number of carbonyl (C=O) groups excluding carboxylic acids is 1. The molecule has 2 unspecified atom stereocenters. The van der Waals surface area contributed by atoms with Crippen LogP contribution in [0.2, 0.25) is 0 Å². The molecule has 0 aromatic carbocycles. The van der Waals surface area contributed by atoms with Crippen molar-refractivity contribution in [1.29, 1.82) is 0 Å². The topological polar surface area (TPSA) is 83.8 Å². The smallest absolute Gasteiger partial charge is 0.269 e. The number of aromatic nitrogens is 2. The van der Waals surface area contributed by atoms with Crippen molar-refractivity contribution in [3.63, 3.8) is 0 Å². The maximum absolute atomic E-state index is 11.7. The molecule has 0 radical (unpaired) electrons. The van der Waals surface area contributed by atoms with E-state index < -0.39 is 0 Å². The van der Waals surface area contributed by atoms with Crippen molar-refractivity contribution in [1.82, 2.24) is 15.5 Å². The highest BCUT2D eigenvalue weighted by Gasteiger charge is 2.23. The monoisotopic (exact) mass is 208 g/mol. The summed E-state index contributed by atoms with van der Waals surface area (Å²) in [6.07, 6.45) is 3.32. The van der Waals surface area contributed by atoms with Crippen molar-refractivity contribution in [2.75, 3.05) is 5.73 Å². The maximum atomic E-state index is 11.7. The number of amides is 1. The fourth-order valence-corrected chi connectivity index (χ4v) is 2.05. The van der Waals surface area contributed by atoms with Crippen molar-refractivity contribution in [3.05, 3.63) is 11.8 Å². The van der Waals surface area contributed by atoms with Crippen LogP contribution >= 0.6 is 0 Å². The van der Waals surface area contributed by atoms with Gasteiger partial charge in [0.1, 0.15) is 11.5 Å². The molecule has 2 atom stereocenters. The van der Waals surface area contributed by atoms with Gasteiger partial charge < -0.3 is 11.1 Å². The Morgan fingerprint density at radius 3 is 3.00 bits per heavy atom. The molecular formula is C10H16N4O. The number of hydrogen-bond acceptors (Lipinski definition) is 3. The zero-order valence-electron chi connectivity index (χ0n) is 8.79. The molecule has 1 heterocycles. The van der Waals surface area contributed by atoms with Gasteiger partial charge in [0.05, 0.1) is 0 Å². The number of H-pyrrole nitrogens is 1. The van der Waals surface area contributed by atoms with Gasteiger partial charge in [0.2, 0.25) is 0 Å². The average molecular weight is 208 g/mol. The number of rotatable bonds is 2. The van der Waals surface area contributed by atoms with Gasteiger partial charge in [0.15, 0.2) is 0 Å². The number of aromatic amines is 1. The standard InChI is InChI=1S/C10H16N4O/c1-6-2-3-7(4-6)12-10(15)8-5-9(11)14-13-8/h5-7H,2-4H2,1H3,(H,12,15)(H3,11,13,14). The lowest BCUT2D eigenvalue weighted by molar-refractivity contribution is 0.0932. The fourth-order valence-electron chi connectivity index (χ4n) is 2.05. The molecule has 15 heavy (non-hydrogen) atoms. The van der Waals surface area contributed by atoms with Crippen molar-refractivity contribution >= 4 is 11.7 Å². The molecule has 1 amide bonds. The predicted octanol–water partition coefficient (Wildman–Crippen LogP) is 0.910. The highest BCUT2D eigenvalue weighted by molar-refractivity contribution is 5.93. The second-order valence-corrected chi connectivity index (χ2v) is 4.30. The van der Waals surface area contributed by atoms with E-state index in [2.05, 4.69) is 22.4 Å². The first-order chi connectivity index (χ1) is 7.15. The van der Waals surface area contributed by atoms with Crippen LogP contribution in [0.3, 0.4) is 0 Å². The number of hydrogen-bond donors (Lipinski definition) is 3. The third-order valence-electron chi connectivity index (χ3n) is 2.87. The number of nitrogen functional groups attached to an aromatic ring is 1. The average Bonchev–Trinajstić information content (AvgIpc) is 2.75. The summed E-state index contributed by atoms with van der Waals surface area (Å²) in [5.41, 5.74) is 5.86. The summed E-state index contributed by atoms with van der Waals surface area (Å²) in [6, 6.07) is 1.85. The molecule has 82 valence electrons. The number of nitrogens with one attached hydrogen (secondary N) is 2. The summed E-state index contributed by atoms with van der Waals surface area (Å²) in [6.45, 7) is 2.21. The second kappa shape index (κ2) is 3.92. The third kappa shape index (κ3) is 2.29. The highest BCUT2D eigenvalue weighted by Crippen LogP contribution is 2.24. The first-order valence-corrected chi connectivity index (χ1v) is 5.27. The third-order valence-corrected chi connectivity index (χ3v) is 2.87. The Morgan fingerprint density at radius 2 is 2.47 bits per heavy atom. The molecule has 1 aromatic rings. The van der Waals surface area contributed by atoms with Crippen molar-refractivity contribution in [3.8, 4) is 0 Å². The summed E-state index contributed by atoms with van der Waals surface area (Å²) in [5.74, 6) is 0.945. The van der Waals surface area contributed by atoms with E-state index in [1.807, 2.05) is 0 Å². The zero-order chi connectivity index (χ0) is 10.8. The largest absolute Gasteiger partial charge is 0.382 e. The number of nitrogens with two attached hydrogens (primary N) is 1. The van der Waals surface area contributed by atoms with Gasteiger partial charge in [-0.15, -0.1) is 0 Å². The molecule has 0 spiro atoms. The summed E-state index contributed by atoms with van der Waals surface area (Å²) >= 11 is 0. The first kappa shape index (κ1) is 10.0. The summed E-state index contributed by atoms with van der Waals surface area (Å²) in [5, 5.41) is 9.30. The molecule has 1 aliphatic rings. The van der Waals surface area contributed by atoms with Gasteiger partial charge in [-0.25, -0.2) is 0 Å². The molecule has 2 rings (SSSR count). The summed E-state index contributed by atoms with van der Waals surface area (Å²) < 4.78 is 0. The minimum absolute atomic E-state index is 0.113. The molecule has 0 bridgehead atoms. The van der Waals surface area contributed by atoms with Crippen molar-refractivity contribution in [2.24, 2.45) is 5.92 Å². The Morgan fingerprint density at radius 1 is 1.67 bits per heavy atom. The lowest BCUT2D eigenvalue weighted by Gasteiger charge is -2.10. The van der Waals surface area contributed by atoms with Crippen LogP contribution in [0.1, 0.15) is 36.7 Å². The molecule has 1 fully saturated rings. The van der Waals surface area contributed by atoms with Gasteiger partial charge in [-0.3, -0.25) is 9.89 Å². The molecular weight excluding hydrogens is 192 g/mol.